The Labute approximate surface area is 79.8 Å². The van der Waals surface area contributed by atoms with Crippen LogP contribution in [0, 0.1) is 0 Å². The first-order valence-electron chi connectivity index (χ1n) is 4.06. The van der Waals surface area contributed by atoms with Gasteiger partial charge in [0.15, 0.2) is 0 Å². The van der Waals surface area contributed by atoms with Crippen molar-refractivity contribution in [2.24, 2.45) is 5.73 Å². The maximum absolute atomic E-state index is 12.1. The van der Waals surface area contributed by atoms with Gasteiger partial charge in [-0.25, -0.2) is 13.5 Å². The maximum atomic E-state index is 12.1. The first-order valence-corrected chi connectivity index (χ1v) is 4.06. The Kier molecular flexibility index (Phi) is 3.90. The lowest BCUT2D eigenvalue weighted by Crippen LogP contribution is -2.22. The van der Waals surface area contributed by atoms with Crippen molar-refractivity contribution in [3.05, 3.63) is 11.9 Å². The van der Waals surface area contributed by atoms with Crippen LogP contribution in [0.4, 0.5) is 8.78 Å². The SMILES string of the molecule is COC[C@@H](N)c1cnnn1CC(F)F. The van der Waals surface area contributed by atoms with Gasteiger partial charge in [-0.3, -0.25) is 0 Å². The smallest absolute Gasteiger partial charge is 0.257 e. The molecule has 0 fully saturated rings. The van der Waals surface area contributed by atoms with Crippen molar-refractivity contribution in [2.45, 2.75) is 19.0 Å². The van der Waals surface area contributed by atoms with Gasteiger partial charge >= 0.3 is 0 Å². The van der Waals surface area contributed by atoms with Crippen LogP contribution in [0.5, 0.6) is 0 Å². The molecule has 0 aliphatic carbocycles. The van der Waals surface area contributed by atoms with Crippen molar-refractivity contribution >= 4 is 0 Å². The Morgan fingerprint density at radius 2 is 2.36 bits per heavy atom. The Balaban J connectivity index is 2.70. The molecule has 1 atom stereocenters. The van der Waals surface area contributed by atoms with Crippen molar-refractivity contribution < 1.29 is 13.5 Å². The molecule has 1 heterocycles. The second kappa shape index (κ2) is 4.97. The fourth-order valence-corrected chi connectivity index (χ4v) is 1.09. The predicted octanol–water partition coefficient (Wildman–Crippen LogP) is 0.189. The van der Waals surface area contributed by atoms with Gasteiger partial charge in [-0.2, -0.15) is 0 Å². The summed E-state index contributed by atoms with van der Waals surface area (Å²) in [4.78, 5) is 0. The van der Waals surface area contributed by atoms with E-state index in [9.17, 15) is 8.78 Å². The molecule has 0 saturated carbocycles. The predicted molar refractivity (Wildman–Crippen MR) is 44.8 cm³/mol. The molecule has 14 heavy (non-hydrogen) atoms. The Bertz CT molecular complexity index is 278. The zero-order valence-electron chi connectivity index (χ0n) is 7.73. The molecule has 80 valence electrons. The highest BCUT2D eigenvalue weighted by atomic mass is 19.3. The zero-order chi connectivity index (χ0) is 10.6. The van der Waals surface area contributed by atoms with Gasteiger partial charge in [0.1, 0.15) is 6.54 Å². The molecule has 1 aromatic rings. The summed E-state index contributed by atoms with van der Waals surface area (Å²) in [6.07, 6.45) is -1.10. The van der Waals surface area contributed by atoms with Gasteiger partial charge in [0.25, 0.3) is 6.43 Å². The largest absolute Gasteiger partial charge is 0.383 e. The van der Waals surface area contributed by atoms with E-state index in [1.165, 1.54) is 13.3 Å². The number of alkyl halides is 2. The average Bonchev–Trinajstić information content (AvgIpc) is 2.51. The van der Waals surface area contributed by atoms with Crippen LogP contribution in [-0.4, -0.2) is 35.1 Å². The number of hydrogen-bond acceptors (Lipinski definition) is 4. The van der Waals surface area contributed by atoms with E-state index in [1.807, 2.05) is 0 Å². The number of ether oxygens (including phenoxy) is 1. The number of nitrogens with two attached hydrogens (primary N) is 1. The van der Waals surface area contributed by atoms with E-state index in [-0.39, 0.29) is 6.61 Å². The van der Waals surface area contributed by atoms with Crippen LogP contribution in [0.2, 0.25) is 0 Å². The lowest BCUT2D eigenvalue weighted by atomic mass is 10.2. The van der Waals surface area contributed by atoms with Crippen LogP contribution in [0.1, 0.15) is 11.7 Å². The first-order chi connectivity index (χ1) is 6.65. The highest BCUT2D eigenvalue weighted by Crippen LogP contribution is 2.09. The summed E-state index contributed by atoms with van der Waals surface area (Å²) in [5.41, 5.74) is 6.11. The van der Waals surface area contributed by atoms with Gasteiger partial charge in [-0.05, 0) is 0 Å². The molecular weight excluding hydrogens is 194 g/mol. The second-order valence-electron chi connectivity index (χ2n) is 2.79. The second-order valence-corrected chi connectivity index (χ2v) is 2.79. The third-order valence-corrected chi connectivity index (χ3v) is 1.68. The van der Waals surface area contributed by atoms with E-state index in [0.29, 0.717) is 5.69 Å². The van der Waals surface area contributed by atoms with Crippen molar-refractivity contribution in [3.63, 3.8) is 0 Å². The monoisotopic (exact) mass is 206 g/mol. The third kappa shape index (κ3) is 2.71. The van der Waals surface area contributed by atoms with Crippen LogP contribution in [-0.2, 0) is 11.3 Å². The summed E-state index contributed by atoms with van der Waals surface area (Å²) in [6, 6.07) is -0.478. The lowest BCUT2D eigenvalue weighted by Gasteiger charge is -2.11. The van der Waals surface area contributed by atoms with Crippen molar-refractivity contribution in [3.8, 4) is 0 Å². The number of aromatic nitrogens is 3. The number of methoxy groups -OCH3 is 1. The standard InChI is InChI=1S/C7H12F2N4O/c1-14-4-5(10)6-2-11-12-13(6)3-7(8)9/h2,5,7H,3-4,10H2,1H3/t5-/m1/s1. The number of rotatable bonds is 5. The zero-order valence-corrected chi connectivity index (χ0v) is 7.73. The molecular formula is C7H12F2N4O. The molecule has 0 amide bonds. The molecule has 5 nitrogen and oxygen atoms in total. The Morgan fingerprint density at radius 3 is 2.93 bits per heavy atom. The summed E-state index contributed by atoms with van der Waals surface area (Å²) in [5.74, 6) is 0. The van der Waals surface area contributed by atoms with Crippen molar-refractivity contribution in [1.29, 1.82) is 0 Å². The van der Waals surface area contributed by atoms with Gasteiger partial charge in [-0.15, -0.1) is 5.10 Å². The molecule has 0 saturated heterocycles. The summed E-state index contributed by atoms with van der Waals surface area (Å²) in [7, 11) is 1.49. The molecule has 1 rings (SSSR count). The van der Waals surface area contributed by atoms with E-state index in [0.717, 1.165) is 4.68 Å². The van der Waals surface area contributed by atoms with Crippen LogP contribution < -0.4 is 5.73 Å². The molecule has 0 unspecified atom stereocenters. The third-order valence-electron chi connectivity index (χ3n) is 1.68. The highest BCUT2D eigenvalue weighted by molar-refractivity contribution is 5.01. The molecule has 1 aromatic heterocycles. The Morgan fingerprint density at radius 1 is 1.64 bits per heavy atom. The summed E-state index contributed by atoms with van der Waals surface area (Å²) in [6.45, 7) is -0.247. The molecule has 0 aliphatic heterocycles. The minimum atomic E-state index is -2.47. The normalized spacial score (nSPS) is 13.5. The van der Waals surface area contributed by atoms with E-state index in [4.69, 9.17) is 10.5 Å². The Hall–Kier alpha value is -1.08. The number of halogens is 2. The molecule has 0 bridgehead atoms. The average molecular weight is 206 g/mol. The van der Waals surface area contributed by atoms with Gasteiger partial charge in [0, 0.05) is 7.11 Å². The van der Waals surface area contributed by atoms with E-state index in [1.54, 1.807) is 0 Å². The minimum Gasteiger partial charge on any atom is -0.383 e. The van der Waals surface area contributed by atoms with Gasteiger partial charge in [0.2, 0.25) is 0 Å². The van der Waals surface area contributed by atoms with Crippen molar-refractivity contribution in [2.75, 3.05) is 13.7 Å². The fourth-order valence-electron chi connectivity index (χ4n) is 1.09. The van der Waals surface area contributed by atoms with Crippen LogP contribution in [0.15, 0.2) is 6.20 Å². The van der Waals surface area contributed by atoms with Crippen LogP contribution in [0.3, 0.4) is 0 Å². The van der Waals surface area contributed by atoms with E-state index in [2.05, 4.69) is 10.3 Å². The van der Waals surface area contributed by atoms with Crippen LogP contribution >= 0.6 is 0 Å². The summed E-state index contributed by atoms with van der Waals surface area (Å²) >= 11 is 0. The topological polar surface area (TPSA) is 66.0 Å². The van der Waals surface area contributed by atoms with Crippen LogP contribution in [0.25, 0.3) is 0 Å². The summed E-state index contributed by atoms with van der Waals surface area (Å²) in [5, 5.41) is 7.03. The lowest BCUT2D eigenvalue weighted by molar-refractivity contribution is 0.117. The molecule has 0 aromatic carbocycles. The highest BCUT2D eigenvalue weighted by Gasteiger charge is 2.15. The molecule has 2 N–H and O–H groups in total. The fraction of sp³-hybridized carbons (Fsp3) is 0.714. The van der Waals surface area contributed by atoms with E-state index >= 15 is 0 Å². The quantitative estimate of drug-likeness (QED) is 0.746. The number of hydrogen-bond donors (Lipinski definition) is 1. The minimum absolute atomic E-state index is 0.247. The van der Waals surface area contributed by atoms with Crippen molar-refractivity contribution in [1.82, 2.24) is 15.0 Å². The van der Waals surface area contributed by atoms with Gasteiger partial charge in [-0.1, -0.05) is 5.21 Å². The molecule has 0 spiro atoms. The van der Waals surface area contributed by atoms with Gasteiger partial charge < -0.3 is 10.5 Å². The number of nitrogens with zero attached hydrogens (tertiary/aromatic N) is 3. The maximum Gasteiger partial charge on any atom is 0.257 e. The van der Waals surface area contributed by atoms with Gasteiger partial charge in [0.05, 0.1) is 24.5 Å². The molecule has 0 aliphatic rings. The summed E-state index contributed by atoms with van der Waals surface area (Å²) < 4.78 is 30.0. The molecule has 7 heteroatoms. The molecule has 0 radical (unpaired) electrons. The first kappa shape index (κ1) is 11.0. The van der Waals surface area contributed by atoms with E-state index < -0.39 is 19.0 Å².